The van der Waals surface area contributed by atoms with E-state index in [1.807, 2.05) is 47.9 Å². The lowest BCUT2D eigenvalue weighted by Gasteiger charge is -2.33. The number of nitrogens with one attached hydrogen (secondary N) is 1. The van der Waals surface area contributed by atoms with Crippen LogP contribution in [0.25, 0.3) is 11.0 Å². The second-order valence-electron chi connectivity index (χ2n) is 6.36. The minimum Gasteiger partial charge on any atom is -0.476 e. The van der Waals surface area contributed by atoms with Crippen LogP contribution in [-0.2, 0) is 16.1 Å². The summed E-state index contributed by atoms with van der Waals surface area (Å²) in [6.45, 7) is 4.30. The standard InChI is InChI=1S/C20H20N4O3/c1-3-23-15-9-5-4-8-14(15)21-20(23)22-19(26)18-12-24(13(2)25)16-10-6-7-11-17(16)27-18/h4-11,18H,3,12H2,1-2H3,(H,21,22,26)/t18-/m0/s1. The molecule has 1 aromatic heterocycles. The third kappa shape index (κ3) is 3.01. The predicted octanol–water partition coefficient (Wildman–Crippen LogP) is 2.81. The number of hydrogen-bond acceptors (Lipinski definition) is 4. The van der Waals surface area contributed by atoms with Crippen molar-refractivity contribution >= 4 is 34.5 Å². The summed E-state index contributed by atoms with van der Waals surface area (Å²) in [7, 11) is 0. The van der Waals surface area contributed by atoms with E-state index in [-0.39, 0.29) is 18.4 Å². The monoisotopic (exact) mass is 364 g/mol. The van der Waals surface area contributed by atoms with Gasteiger partial charge in [0.2, 0.25) is 11.9 Å². The topological polar surface area (TPSA) is 76.5 Å². The van der Waals surface area contributed by atoms with Crippen molar-refractivity contribution in [1.82, 2.24) is 9.55 Å². The van der Waals surface area contributed by atoms with Crippen molar-refractivity contribution in [3.05, 3.63) is 48.5 Å². The highest BCUT2D eigenvalue weighted by molar-refractivity contribution is 5.99. The lowest BCUT2D eigenvalue weighted by molar-refractivity contribution is -0.123. The Morgan fingerprint density at radius 3 is 2.70 bits per heavy atom. The molecule has 1 N–H and O–H groups in total. The van der Waals surface area contributed by atoms with Gasteiger partial charge in [-0.2, -0.15) is 0 Å². The first-order chi connectivity index (χ1) is 13.1. The first kappa shape index (κ1) is 17.1. The SMILES string of the molecule is CCn1c(NC(=O)[C@@H]2CN(C(C)=O)c3ccccc3O2)nc2ccccc21. The first-order valence-electron chi connectivity index (χ1n) is 8.88. The van der Waals surface area contributed by atoms with Crippen LogP contribution in [0.3, 0.4) is 0 Å². The molecule has 2 heterocycles. The Kier molecular flexibility index (Phi) is 4.27. The molecule has 0 saturated heterocycles. The van der Waals surface area contributed by atoms with Crippen LogP contribution in [-0.4, -0.2) is 34.0 Å². The number of fused-ring (bicyclic) bond motifs is 2. The van der Waals surface area contributed by atoms with Gasteiger partial charge in [0.15, 0.2) is 6.10 Å². The third-order valence-electron chi connectivity index (χ3n) is 4.65. The summed E-state index contributed by atoms with van der Waals surface area (Å²) in [4.78, 5) is 31.0. The van der Waals surface area contributed by atoms with E-state index in [0.29, 0.717) is 23.9 Å². The molecule has 1 aliphatic heterocycles. The van der Waals surface area contributed by atoms with Gasteiger partial charge in [0.05, 0.1) is 23.3 Å². The van der Waals surface area contributed by atoms with Crippen LogP contribution in [0.1, 0.15) is 13.8 Å². The Morgan fingerprint density at radius 2 is 1.93 bits per heavy atom. The highest BCUT2D eigenvalue weighted by Gasteiger charge is 2.33. The van der Waals surface area contributed by atoms with E-state index in [9.17, 15) is 9.59 Å². The van der Waals surface area contributed by atoms with Crippen molar-refractivity contribution in [2.45, 2.75) is 26.5 Å². The second-order valence-corrected chi connectivity index (χ2v) is 6.36. The number of rotatable bonds is 3. The highest BCUT2D eigenvalue weighted by atomic mass is 16.5. The normalized spacial score (nSPS) is 15.9. The Balaban J connectivity index is 1.62. The molecule has 27 heavy (non-hydrogen) atoms. The molecule has 7 heteroatoms. The van der Waals surface area contributed by atoms with Crippen LogP contribution < -0.4 is 15.0 Å². The molecule has 0 bridgehead atoms. The smallest absolute Gasteiger partial charge is 0.269 e. The Morgan fingerprint density at radius 1 is 1.19 bits per heavy atom. The van der Waals surface area contributed by atoms with E-state index >= 15 is 0 Å². The Labute approximate surface area is 156 Å². The fourth-order valence-electron chi connectivity index (χ4n) is 3.35. The van der Waals surface area contributed by atoms with E-state index in [1.165, 1.54) is 6.92 Å². The zero-order valence-electron chi connectivity index (χ0n) is 15.2. The summed E-state index contributed by atoms with van der Waals surface area (Å²) in [5.74, 6) is 0.522. The summed E-state index contributed by atoms with van der Waals surface area (Å²) in [6.07, 6.45) is -0.811. The lowest BCUT2D eigenvalue weighted by Crippen LogP contribution is -2.48. The van der Waals surface area contributed by atoms with Gasteiger partial charge in [0, 0.05) is 13.5 Å². The fraction of sp³-hybridized carbons (Fsp3) is 0.250. The number of aromatic nitrogens is 2. The number of benzene rings is 2. The molecular formula is C20H20N4O3. The van der Waals surface area contributed by atoms with Crippen LogP contribution in [0.2, 0.25) is 0 Å². The van der Waals surface area contributed by atoms with Gasteiger partial charge in [0.25, 0.3) is 5.91 Å². The second kappa shape index (κ2) is 6.75. The maximum Gasteiger partial charge on any atom is 0.269 e. The van der Waals surface area contributed by atoms with Crippen LogP contribution in [0.5, 0.6) is 5.75 Å². The van der Waals surface area contributed by atoms with E-state index in [2.05, 4.69) is 10.3 Å². The summed E-state index contributed by atoms with van der Waals surface area (Å²) in [6, 6.07) is 14.9. The highest BCUT2D eigenvalue weighted by Crippen LogP contribution is 2.33. The average molecular weight is 364 g/mol. The molecule has 1 atom stereocenters. The quantitative estimate of drug-likeness (QED) is 0.775. The van der Waals surface area contributed by atoms with Crippen LogP contribution in [0.4, 0.5) is 11.6 Å². The van der Waals surface area contributed by atoms with E-state index in [4.69, 9.17) is 4.74 Å². The summed E-state index contributed by atoms with van der Waals surface area (Å²) >= 11 is 0. The maximum atomic E-state index is 12.9. The van der Waals surface area contributed by atoms with Crippen molar-refractivity contribution in [2.24, 2.45) is 0 Å². The predicted molar refractivity (Wildman–Crippen MR) is 103 cm³/mol. The van der Waals surface area contributed by atoms with Gasteiger partial charge in [-0.1, -0.05) is 24.3 Å². The van der Waals surface area contributed by atoms with Crippen LogP contribution in [0, 0.1) is 0 Å². The third-order valence-corrected chi connectivity index (χ3v) is 4.65. The van der Waals surface area contributed by atoms with Crippen molar-refractivity contribution in [3.63, 3.8) is 0 Å². The number of ether oxygens (including phenoxy) is 1. The molecule has 2 amide bonds. The number of carbonyl (C=O) groups is 2. The number of amides is 2. The molecule has 4 rings (SSSR count). The number of aryl methyl sites for hydroxylation is 1. The number of carbonyl (C=O) groups excluding carboxylic acids is 2. The zero-order chi connectivity index (χ0) is 19.0. The van der Waals surface area contributed by atoms with Gasteiger partial charge in [-0.05, 0) is 31.2 Å². The number of hydrogen-bond donors (Lipinski definition) is 1. The van der Waals surface area contributed by atoms with Crippen molar-refractivity contribution in [1.29, 1.82) is 0 Å². The van der Waals surface area contributed by atoms with Crippen molar-refractivity contribution in [3.8, 4) is 5.75 Å². The van der Waals surface area contributed by atoms with Gasteiger partial charge in [0.1, 0.15) is 5.75 Å². The molecule has 3 aromatic rings. The molecule has 0 spiro atoms. The van der Waals surface area contributed by atoms with Gasteiger partial charge in [-0.15, -0.1) is 0 Å². The van der Waals surface area contributed by atoms with Gasteiger partial charge in [-0.3, -0.25) is 14.9 Å². The number of anilines is 2. The maximum absolute atomic E-state index is 12.9. The van der Waals surface area contributed by atoms with Crippen LogP contribution in [0.15, 0.2) is 48.5 Å². The van der Waals surface area contributed by atoms with Gasteiger partial charge < -0.3 is 14.2 Å². The molecule has 0 fully saturated rings. The molecule has 0 radical (unpaired) electrons. The van der Waals surface area contributed by atoms with E-state index in [1.54, 1.807) is 17.0 Å². The summed E-state index contributed by atoms with van der Waals surface area (Å²) in [5, 5.41) is 2.86. The van der Waals surface area contributed by atoms with Gasteiger partial charge in [-0.25, -0.2) is 4.98 Å². The summed E-state index contributed by atoms with van der Waals surface area (Å²) < 4.78 is 7.79. The lowest BCUT2D eigenvalue weighted by atomic mass is 10.1. The molecule has 138 valence electrons. The molecule has 1 aliphatic rings. The fourth-order valence-corrected chi connectivity index (χ4v) is 3.35. The molecular weight excluding hydrogens is 344 g/mol. The molecule has 0 unspecified atom stereocenters. The zero-order valence-corrected chi connectivity index (χ0v) is 15.2. The van der Waals surface area contributed by atoms with Gasteiger partial charge >= 0.3 is 0 Å². The van der Waals surface area contributed by atoms with E-state index in [0.717, 1.165) is 11.0 Å². The number of nitrogens with zero attached hydrogens (tertiary/aromatic N) is 3. The Bertz CT molecular complexity index is 1030. The first-order valence-corrected chi connectivity index (χ1v) is 8.88. The van der Waals surface area contributed by atoms with Crippen LogP contribution >= 0.6 is 0 Å². The molecule has 7 nitrogen and oxygen atoms in total. The van der Waals surface area contributed by atoms with Crippen molar-refractivity contribution in [2.75, 3.05) is 16.8 Å². The average Bonchev–Trinajstić information content (AvgIpc) is 3.03. The number of imidazole rings is 1. The minimum atomic E-state index is -0.811. The van der Waals surface area contributed by atoms with Crippen molar-refractivity contribution < 1.29 is 14.3 Å². The summed E-state index contributed by atoms with van der Waals surface area (Å²) in [5.41, 5.74) is 2.44. The minimum absolute atomic E-state index is 0.135. The molecule has 0 aliphatic carbocycles. The Hall–Kier alpha value is -3.35. The molecule has 0 saturated carbocycles. The van der Waals surface area contributed by atoms with E-state index < -0.39 is 6.10 Å². The molecule has 2 aromatic carbocycles. The number of para-hydroxylation sites is 4. The largest absolute Gasteiger partial charge is 0.476 e.